The molecular weight excluding hydrogens is 248 g/mol. The highest BCUT2D eigenvalue weighted by Gasteiger charge is 2.13. The smallest absolute Gasteiger partial charge is 0.137 e. The maximum Gasteiger partial charge on any atom is 0.137 e. The molecule has 0 amide bonds. The Morgan fingerprint density at radius 1 is 1.15 bits per heavy atom. The zero-order valence-electron chi connectivity index (χ0n) is 12.6. The molecule has 2 aromatic rings. The van der Waals surface area contributed by atoms with Gasteiger partial charge in [0, 0.05) is 25.6 Å². The van der Waals surface area contributed by atoms with Crippen LogP contribution in [-0.4, -0.2) is 17.0 Å². The van der Waals surface area contributed by atoms with E-state index in [4.69, 9.17) is 5.73 Å². The monoisotopic (exact) mass is 270 g/mol. The van der Waals surface area contributed by atoms with Gasteiger partial charge in [-0.05, 0) is 25.0 Å². The van der Waals surface area contributed by atoms with Gasteiger partial charge in [-0.25, -0.2) is 9.97 Å². The quantitative estimate of drug-likeness (QED) is 0.928. The van der Waals surface area contributed by atoms with E-state index >= 15 is 0 Å². The molecule has 106 valence electrons. The molecule has 0 aliphatic heterocycles. The summed E-state index contributed by atoms with van der Waals surface area (Å²) in [4.78, 5) is 11.0. The molecule has 4 heteroatoms. The van der Waals surface area contributed by atoms with Gasteiger partial charge in [-0.1, -0.05) is 31.2 Å². The average Bonchev–Trinajstić information content (AvgIpc) is 2.44. The predicted molar refractivity (Wildman–Crippen MR) is 83.8 cm³/mol. The van der Waals surface area contributed by atoms with Gasteiger partial charge >= 0.3 is 0 Å². The Labute approximate surface area is 120 Å². The number of anilines is 2. The summed E-state index contributed by atoms with van der Waals surface area (Å²) < 4.78 is 0. The van der Waals surface area contributed by atoms with Gasteiger partial charge < -0.3 is 10.6 Å². The number of nitrogen functional groups attached to an aromatic ring is 1. The Balaban J connectivity index is 2.32. The molecule has 0 saturated carbocycles. The van der Waals surface area contributed by atoms with Gasteiger partial charge in [0.1, 0.15) is 17.5 Å². The zero-order chi connectivity index (χ0) is 14.7. The van der Waals surface area contributed by atoms with E-state index in [9.17, 15) is 0 Å². The number of hydrogen-bond acceptors (Lipinski definition) is 4. The molecule has 1 aromatic heterocycles. The first-order chi connectivity index (χ1) is 9.52. The molecule has 0 bridgehead atoms. The minimum atomic E-state index is 0.573. The van der Waals surface area contributed by atoms with Crippen molar-refractivity contribution in [3.63, 3.8) is 0 Å². The first kappa shape index (κ1) is 14.3. The molecule has 20 heavy (non-hydrogen) atoms. The molecule has 1 aromatic carbocycles. The van der Waals surface area contributed by atoms with E-state index in [1.165, 1.54) is 11.1 Å². The van der Waals surface area contributed by atoms with Crippen molar-refractivity contribution >= 4 is 11.6 Å². The molecular formula is C16H22N4. The third kappa shape index (κ3) is 2.90. The van der Waals surface area contributed by atoms with E-state index in [1.807, 2.05) is 20.9 Å². The van der Waals surface area contributed by atoms with Crippen molar-refractivity contribution in [2.75, 3.05) is 17.7 Å². The van der Waals surface area contributed by atoms with E-state index in [-0.39, 0.29) is 0 Å². The van der Waals surface area contributed by atoms with Crippen molar-refractivity contribution in [1.29, 1.82) is 0 Å². The summed E-state index contributed by atoms with van der Waals surface area (Å²) in [5.74, 6) is 2.28. The maximum atomic E-state index is 5.98. The van der Waals surface area contributed by atoms with Crippen molar-refractivity contribution in [1.82, 2.24) is 9.97 Å². The Kier molecular flexibility index (Phi) is 4.23. The molecule has 0 spiro atoms. The maximum absolute atomic E-state index is 5.98. The fraction of sp³-hybridized carbons (Fsp3) is 0.375. The Bertz CT molecular complexity index is 607. The Morgan fingerprint density at radius 3 is 2.50 bits per heavy atom. The topological polar surface area (TPSA) is 55.0 Å². The molecule has 0 atom stereocenters. The molecule has 0 radical (unpaired) electrons. The number of nitrogens with two attached hydrogens (primary N) is 1. The summed E-state index contributed by atoms with van der Waals surface area (Å²) in [6, 6.07) is 8.39. The molecule has 0 fully saturated rings. The van der Waals surface area contributed by atoms with Crippen LogP contribution in [0.15, 0.2) is 24.3 Å². The third-order valence-corrected chi connectivity index (χ3v) is 3.55. The minimum Gasteiger partial charge on any atom is -0.383 e. The van der Waals surface area contributed by atoms with Crippen molar-refractivity contribution in [2.24, 2.45) is 0 Å². The summed E-state index contributed by atoms with van der Waals surface area (Å²) >= 11 is 0. The van der Waals surface area contributed by atoms with Gasteiger partial charge in [0.05, 0.1) is 0 Å². The Morgan fingerprint density at radius 2 is 1.85 bits per heavy atom. The van der Waals surface area contributed by atoms with E-state index in [2.05, 4.69) is 46.1 Å². The van der Waals surface area contributed by atoms with Gasteiger partial charge in [0.25, 0.3) is 0 Å². The zero-order valence-corrected chi connectivity index (χ0v) is 12.6. The first-order valence-electron chi connectivity index (χ1n) is 6.91. The summed E-state index contributed by atoms with van der Waals surface area (Å²) in [6.07, 6.45) is 0.787. The predicted octanol–water partition coefficient (Wildman–Crippen LogP) is 2.87. The highest BCUT2D eigenvalue weighted by Crippen LogP contribution is 2.23. The second-order valence-corrected chi connectivity index (χ2v) is 5.11. The van der Waals surface area contributed by atoms with Crippen LogP contribution in [0.2, 0.25) is 0 Å². The van der Waals surface area contributed by atoms with Gasteiger partial charge in [0.2, 0.25) is 0 Å². The number of nitrogens with zero attached hydrogens (tertiary/aromatic N) is 3. The summed E-state index contributed by atoms with van der Waals surface area (Å²) in [5, 5.41) is 0. The lowest BCUT2D eigenvalue weighted by Gasteiger charge is -2.22. The molecule has 2 N–H and O–H groups in total. The lowest BCUT2D eigenvalue weighted by atomic mass is 10.1. The van der Waals surface area contributed by atoms with Crippen molar-refractivity contribution in [3.8, 4) is 0 Å². The van der Waals surface area contributed by atoms with Crippen LogP contribution in [0.3, 0.4) is 0 Å². The lowest BCUT2D eigenvalue weighted by Crippen LogP contribution is -2.21. The van der Waals surface area contributed by atoms with E-state index in [1.54, 1.807) is 0 Å². The third-order valence-electron chi connectivity index (χ3n) is 3.55. The van der Waals surface area contributed by atoms with Crippen LogP contribution in [0.4, 0.5) is 11.6 Å². The van der Waals surface area contributed by atoms with Crippen LogP contribution >= 0.6 is 0 Å². The molecule has 0 unspecified atom stereocenters. The van der Waals surface area contributed by atoms with Crippen LogP contribution in [0.1, 0.15) is 29.4 Å². The fourth-order valence-corrected chi connectivity index (χ4v) is 2.22. The highest BCUT2D eigenvalue weighted by atomic mass is 15.2. The largest absolute Gasteiger partial charge is 0.383 e. The summed E-state index contributed by atoms with van der Waals surface area (Å²) in [7, 11) is 2.04. The van der Waals surface area contributed by atoms with Crippen LogP contribution < -0.4 is 10.6 Å². The van der Waals surface area contributed by atoms with Crippen molar-refractivity contribution in [2.45, 2.75) is 33.7 Å². The number of aryl methyl sites for hydroxylation is 2. The van der Waals surface area contributed by atoms with Crippen LogP contribution in [0.5, 0.6) is 0 Å². The van der Waals surface area contributed by atoms with E-state index < -0.39 is 0 Å². The van der Waals surface area contributed by atoms with E-state index in [0.717, 1.165) is 30.2 Å². The molecule has 2 rings (SSSR count). The second-order valence-electron chi connectivity index (χ2n) is 5.11. The molecule has 1 heterocycles. The van der Waals surface area contributed by atoms with Crippen LogP contribution in [0, 0.1) is 13.8 Å². The standard InChI is InChI=1S/C16H22N4/c1-5-14-18-15(17)12(3)16(19-14)20(4)10-13-9-7-6-8-11(13)2/h6-9H,5,10H2,1-4H3,(H2,17,18,19). The number of rotatable bonds is 4. The highest BCUT2D eigenvalue weighted by molar-refractivity contribution is 5.56. The number of hydrogen-bond donors (Lipinski definition) is 1. The van der Waals surface area contributed by atoms with Gasteiger partial charge in [-0.2, -0.15) is 0 Å². The first-order valence-corrected chi connectivity index (χ1v) is 6.91. The minimum absolute atomic E-state index is 0.573. The van der Waals surface area contributed by atoms with E-state index in [0.29, 0.717) is 5.82 Å². The van der Waals surface area contributed by atoms with Gasteiger partial charge in [0.15, 0.2) is 0 Å². The molecule has 0 saturated heterocycles. The van der Waals surface area contributed by atoms with Gasteiger partial charge in [-0.3, -0.25) is 0 Å². The Hall–Kier alpha value is -2.10. The summed E-state index contributed by atoms with van der Waals surface area (Å²) in [6.45, 7) is 6.95. The van der Waals surface area contributed by atoms with Crippen molar-refractivity contribution < 1.29 is 0 Å². The number of aromatic nitrogens is 2. The fourth-order valence-electron chi connectivity index (χ4n) is 2.22. The van der Waals surface area contributed by atoms with Crippen LogP contribution in [0.25, 0.3) is 0 Å². The number of benzene rings is 1. The molecule has 0 aliphatic carbocycles. The normalized spacial score (nSPS) is 10.6. The average molecular weight is 270 g/mol. The SMILES string of the molecule is CCc1nc(N)c(C)c(N(C)Cc2ccccc2C)n1. The van der Waals surface area contributed by atoms with Crippen LogP contribution in [-0.2, 0) is 13.0 Å². The summed E-state index contributed by atoms with van der Waals surface area (Å²) in [5.41, 5.74) is 9.51. The second kappa shape index (κ2) is 5.90. The lowest BCUT2D eigenvalue weighted by molar-refractivity contribution is 0.848. The van der Waals surface area contributed by atoms with Crippen molar-refractivity contribution in [3.05, 3.63) is 46.8 Å². The molecule has 4 nitrogen and oxygen atoms in total. The molecule has 0 aliphatic rings. The van der Waals surface area contributed by atoms with Gasteiger partial charge in [-0.15, -0.1) is 0 Å².